The van der Waals surface area contributed by atoms with Gasteiger partial charge >= 0.3 is 0 Å². The summed E-state index contributed by atoms with van der Waals surface area (Å²) in [5.41, 5.74) is 8.20. The van der Waals surface area contributed by atoms with E-state index in [9.17, 15) is 0 Å². The van der Waals surface area contributed by atoms with Crippen LogP contribution >= 0.6 is 0 Å². The first kappa shape index (κ1) is 31.7. The Morgan fingerprint density at radius 1 is 0.268 bits per heavy atom. The van der Waals surface area contributed by atoms with Crippen molar-refractivity contribution in [2.45, 2.75) is 0 Å². The van der Waals surface area contributed by atoms with E-state index in [0.29, 0.717) is 40.5 Å². The zero-order valence-electron chi connectivity index (χ0n) is 29.7. The molecule has 4 aromatic heterocycles. The van der Waals surface area contributed by atoms with Crippen molar-refractivity contribution >= 4 is 43.9 Å². The van der Waals surface area contributed by atoms with E-state index >= 15 is 0 Å². The molecule has 8 heteroatoms. The van der Waals surface area contributed by atoms with E-state index in [0.717, 1.165) is 71.7 Å². The van der Waals surface area contributed by atoms with Gasteiger partial charge in [-0.05, 0) is 36.4 Å². The van der Waals surface area contributed by atoms with Crippen LogP contribution in [0, 0.1) is 0 Å². The fourth-order valence-electron chi connectivity index (χ4n) is 7.30. The van der Waals surface area contributed by atoms with E-state index in [-0.39, 0.29) is 0 Å². The van der Waals surface area contributed by atoms with Gasteiger partial charge in [0.2, 0.25) is 0 Å². The number of hydrogen-bond acceptors (Lipinski definition) is 8. The van der Waals surface area contributed by atoms with Gasteiger partial charge in [0.15, 0.2) is 34.9 Å². The lowest BCUT2D eigenvalue weighted by Crippen LogP contribution is -2.00. The SMILES string of the molecule is c1ccc(-c2nc(-c3ccc4c(c3)oc3ccccc34)nc(-c3ccc4c(c3)oc3cccc(-c5nc(-c6ccccc6)nc(-c6ccccc6)n5)c34)n2)cc1. The van der Waals surface area contributed by atoms with Gasteiger partial charge in [-0.25, -0.2) is 29.9 Å². The minimum atomic E-state index is 0.526. The number of rotatable bonds is 6. The maximum absolute atomic E-state index is 6.56. The fraction of sp³-hybridized carbons (Fsp3) is 0. The zero-order valence-corrected chi connectivity index (χ0v) is 29.7. The molecule has 0 amide bonds. The van der Waals surface area contributed by atoms with E-state index in [1.807, 2.05) is 152 Å². The molecule has 0 radical (unpaired) electrons. The molecule has 0 aliphatic rings. The monoisotopic (exact) mass is 720 g/mol. The van der Waals surface area contributed by atoms with Crippen LogP contribution in [-0.2, 0) is 0 Å². The number of nitrogens with zero attached hydrogens (tertiary/aromatic N) is 6. The molecule has 0 spiro atoms. The Balaban J connectivity index is 1.06. The Labute approximate surface area is 319 Å². The number of furan rings is 2. The molecule has 11 aromatic rings. The Kier molecular flexibility index (Phi) is 7.31. The van der Waals surface area contributed by atoms with Gasteiger partial charge in [-0.15, -0.1) is 0 Å². The summed E-state index contributed by atoms with van der Waals surface area (Å²) >= 11 is 0. The van der Waals surface area contributed by atoms with Crippen LogP contribution < -0.4 is 0 Å². The van der Waals surface area contributed by atoms with Crippen molar-refractivity contribution in [2.75, 3.05) is 0 Å². The third-order valence-corrected chi connectivity index (χ3v) is 10.00. The number of fused-ring (bicyclic) bond motifs is 6. The van der Waals surface area contributed by atoms with E-state index < -0.39 is 0 Å². The molecule has 0 unspecified atom stereocenters. The summed E-state index contributed by atoms with van der Waals surface area (Å²) in [6.45, 7) is 0. The molecule has 7 aromatic carbocycles. The third-order valence-electron chi connectivity index (χ3n) is 10.00. The van der Waals surface area contributed by atoms with E-state index in [1.165, 1.54) is 0 Å². The second-order valence-corrected chi connectivity index (χ2v) is 13.5. The Morgan fingerprint density at radius 2 is 0.679 bits per heavy atom. The summed E-state index contributed by atoms with van der Waals surface area (Å²) in [6.07, 6.45) is 0. The molecule has 8 nitrogen and oxygen atoms in total. The normalized spacial score (nSPS) is 11.6. The highest BCUT2D eigenvalue weighted by Crippen LogP contribution is 2.39. The van der Waals surface area contributed by atoms with Crippen molar-refractivity contribution in [1.29, 1.82) is 0 Å². The minimum Gasteiger partial charge on any atom is -0.456 e. The van der Waals surface area contributed by atoms with Crippen molar-refractivity contribution in [3.8, 4) is 68.3 Å². The van der Waals surface area contributed by atoms with Crippen LogP contribution in [0.15, 0.2) is 179 Å². The van der Waals surface area contributed by atoms with Gasteiger partial charge in [0.1, 0.15) is 22.3 Å². The number of aromatic nitrogens is 6. The lowest BCUT2D eigenvalue weighted by atomic mass is 10.0. The molecule has 56 heavy (non-hydrogen) atoms. The summed E-state index contributed by atoms with van der Waals surface area (Å²) in [7, 11) is 0. The molecular weight excluding hydrogens is 693 g/mol. The molecule has 0 saturated heterocycles. The molecule has 0 aliphatic heterocycles. The lowest BCUT2D eigenvalue weighted by molar-refractivity contribution is 0.668. The molecule has 0 aliphatic carbocycles. The second-order valence-electron chi connectivity index (χ2n) is 13.5. The maximum Gasteiger partial charge on any atom is 0.164 e. The summed E-state index contributed by atoms with van der Waals surface area (Å²) < 4.78 is 12.8. The van der Waals surface area contributed by atoms with E-state index in [4.69, 9.17) is 38.7 Å². The van der Waals surface area contributed by atoms with Gasteiger partial charge in [0, 0.05) is 54.9 Å². The number of hydrogen-bond donors (Lipinski definition) is 0. The summed E-state index contributed by atoms with van der Waals surface area (Å²) in [5, 5.41) is 3.96. The Morgan fingerprint density at radius 3 is 1.25 bits per heavy atom. The predicted octanol–water partition coefficient (Wildman–Crippen LogP) is 11.9. The highest BCUT2D eigenvalue weighted by Gasteiger charge is 2.20. The van der Waals surface area contributed by atoms with Gasteiger partial charge in [0.25, 0.3) is 0 Å². The standard InChI is InChI=1S/C48H28N6O2/c1-4-13-29(14-5-1)43-50-46(32-23-25-35-34-19-10-11-21-38(34)55-40(35)27-32)52-47(51-43)33-24-26-36-41(28-33)56-39-22-12-20-37(42(36)39)48-53-44(30-15-6-2-7-16-30)49-45(54-48)31-17-8-3-9-18-31/h1-28H. The van der Waals surface area contributed by atoms with Crippen molar-refractivity contribution < 1.29 is 8.83 Å². The van der Waals surface area contributed by atoms with Gasteiger partial charge < -0.3 is 8.83 Å². The van der Waals surface area contributed by atoms with Crippen LogP contribution in [0.2, 0.25) is 0 Å². The molecule has 0 atom stereocenters. The van der Waals surface area contributed by atoms with Crippen molar-refractivity contribution in [3.63, 3.8) is 0 Å². The van der Waals surface area contributed by atoms with Crippen molar-refractivity contribution in [2.24, 2.45) is 0 Å². The highest BCUT2D eigenvalue weighted by atomic mass is 16.3. The number of benzene rings is 7. The molecule has 0 bridgehead atoms. The fourth-order valence-corrected chi connectivity index (χ4v) is 7.30. The minimum absolute atomic E-state index is 0.526. The third kappa shape index (κ3) is 5.47. The molecular formula is C48H28N6O2. The van der Waals surface area contributed by atoms with Crippen molar-refractivity contribution in [3.05, 3.63) is 170 Å². The second kappa shape index (κ2) is 12.9. The molecule has 0 saturated carbocycles. The summed E-state index contributed by atoms with van der Waals surface area (Å²) in [5.74, 6) is 3.40. The molecule has 11 rings (SSSR count). The largest absolute Gasteiger partial charge is 0.456 e. The van der Waals surface area contributed by atoms with Crippen LogP contribution in [0.3, 0.4) is 0 Å². The van der Waals surface area contributed by atoms with Crippen LogP contribution in [0.5, 0.6) is 0 Å². The zero-order chi connectivity index (χ0) is 37.0. The topological polar surface area (TPSA) is 104 Å². The van der Waals surface area contributed by atoms with E-state index in [2.05, 4.69) is 18.2 Å². The van der Waals surface area contributed by atoms with E-state index in [1.54, 1.807) is 0 Å². The van der Waals surface area contributed by atoms with Gasteiger partial charge in [-0.1, -0.05) is 133 Å². The highest BCUT2D eigenvalue weighted by molar-refractivity contribution is 6.12. The maximum atomic E-state index is 6.56. The Hall–Kier alpha value is -7.84. The molecule has 0 fully saturated rings. The van der Waals surface area contributed by atoms with Crippen LogP contribution in [0.4, 0.5) is 0 Å². The molecule has 0 N–H and O–H groups in total. The molecule has 262 valence electrons. The van der Waals surface area contributed by atoms with Gasteiger partial charge in [-0.3, -0.25) is 0 Å². The first-order valence-electron chi connectivity index (χ1n) is 18.3. The van der Waals surface area contributed by atoms with Crippen LogP contribution in [-0.4, -0.2) is 29.9 Å². The van der Waals surface area contributed by atoms with Crippen molar-refractivity contribution in [1.82, 2.24) is 29.9 Å². The Bertz CT molecular complexity index is 3190. The number of para-hydroxylation sites is 1. The van der Waals surface area contributed by atoms with Gasteiger partial charge in [0.05, 0.1) is 0 Å². The predicted molar refractivity (Wildman–Crippen MR) is 220 cm³/mol. The lowest BCUT2D eigenvalue weighted by Gasteiger charge is -2.09. The summed E-state index contributed by atoms with van der Waals surface area (Å²) in [6, 6.07) is 56.1. The quantitative estimate of drug-likeness (QED) is 0.167. The molecule has 4 heterocycles. The smallest absolute Gasteiger partial charge is 0.164 e. The van der Waals surface area contributed by atoms with Gasteiger partial charge in [-0.2, -0.15) is 0 Å². The summed E-state index contributed by atoms with van der Waals surface area (Å²) in [4.78, 5) is 29.9. The van der Waals surface area contributed by atoms with Crippen LogP contribution in [0.1, 0.15) is 0 Å². The average Bonchev–Trinajstić information content (AvgIpc) is 3.85. The van der Waals surface area contributed by atoms with Crippen LogP contribution in [0.25, 0.3) is 112 Å². The first-order chi connectivity index (χ1) is 27.7. The average molecular weight is 721 g/mol. The first-order valence-corrected chi connectivity index (χ1v) is 18.3.